The highest BCUT2D eigenvalue weighted by Gasteiger charge is 2.43. The van der Waals surface area contributed by atoms with Crippen molar-refractivity contribution in [1.29, 1.82) is 0 Å². The molecule has 3 aromatic rings. The maximum Gasteiger partial charge on any atom is 0.360 e. The van der Waals surface area contributed by atoms with Crippen LogP contribution in [0.4, 0.5) is 5.69 Å². The highest BCUT2D eigenvalue weighted by molar-refractivity contribution is 6.38. The summed E-state index contributed by atoms with van der Waals surface area (Å²) in [6.07, 6.45) is -0.640. The minimum atomic E-state index is -1.21. The summed E-state index contributed by atoms with van der Waals surface area (Å²) in [6, 6.07) is 18.5. The molecule has 1 aromatic heterocycles. The molecule has 2 atom stereocenters. The molecular weight excluding hydrogens is 396 g/mol. The van der Waals surface area contributed by atoms with Crippen molar-refractivity contribution in [3.63, 3.8) is 0 Å². The number of nitrogens with zero attached hydrogens (tertiary/aromatic N) is 3. The van der Waals surface area contributed by atoms with Crippen molar-refractivity contribution in [2.75, 3.05) is 5.43 Å². The first-order chi connectivity index (χ1) is 14.8. The molecule has 0 spiro atoms. The lowest BCUT2D eigenvalue weighted by molar-refractivity contribution is -0.244. The Labute approximate surface area is 179 Å². The molecule has 2 aromatic carbocycles. The number of hydrogen-bond donors (Lipinski definition) is 1. The molecule has 2 heterocycles. The fraction of sp³-hybridized carbons (Fsp3) is 0.261. The van der Waals surface area contributed by atoms with Crippen molar-refractivity contribution in [1.82, 2.24) is 9.36 Å². The van der Waals surface area contributed by atoms with Gasteiger partial charge in [0, 0.05) is 19.5 Å². The van der Waals surface area contributed by atoms with Crippen molar-refractivity contribution in [3.8, 4) is 5.69 Å². The van der Waals surface area contributed by atoms with Gasteiger partial charge >= 0.3 is 5.97 Å². The zero-order valence-electron chi connectivity index (χ0n) is 17.8. The zero-order valence-corrected chi connectivity index (χ0v) is 17.8. The standard InChI is InChI=1S/C23H24N4O4/c1-15-19(21(28)27(26(15)4)18-13-9-6-10-14-18)24-25-20-16(2)30-23(3,31-22(20)29)17-11-7-5-8-12-17/h5-14,16,24H,1-4H3/b25-20-. The van der Waals surface area contributed by atoms with Crippen LogP contribution in [0.1, 0.15) is 25.1 Å². The summed E-state index contributed by atoms with van der Waals surface area (Å²) in [5.41, 5.74) is 4.95. The second kappa shape index (κ2) is 7.88. The highest BCUT2D eigenvalue weighted by Crippen LogP contribution is 2.32. The molecular formula is C23H24N4O4. The number of hydrazone groups is 1. The first kappa shape index (κ1) is 20.6. The van der Waals surface area contributed by atoms with Crippen molar-refractivity contribution in [2.45, 2.75) is 32.7 Å². The molecule has 8 nitrogen and oxygen atoms in total. The van der Waals surface area contributed by atoms with E-state index in [0.29, 0.717) is 5.69 Å². The van der Waals surface area contributed by atoms with Gasteiger partial charge in [0.15, 0.2) is 5.71 Å². The number of benzene rings is 2. The number of rotatable bonds is 4. The predicted octanol–water partition coefficient (Wildman–Crippen LogP) is 3.09. The van der Waals surface area contributed by atoms with Gasteiger partial charge in [-0.3, -0.25) is 14.9 Å². The van der Waals surface area contributed by atoms with E-state index in [2.05, 4.69) is 10.5 Å². The van der Waals surface area contributed by atoms with Gasteiger partial charge < -0.3 is 9.47 Å². The number of esters is 1. The van der Waals surface area contributed by atoms with E-state index in [9.17, 15) is 9.59 Å². The summed E-state index contributed by atoms with van der Waals surface area (Å²) < 4.78 is 14.8. The lowest BCUT2D eigenvalue weighted by atomic mass is 10.1. The van der Waals surface area contributed by atoms with E-state index in [1.54, 1.807) is 32.5 Å². The number of hydrogen-bond acceptors (Lipinski definition) is 6. The van der Waals surface area contributed by atoms with Gasteiger partial charge in [-0.25, -0.2) is 9.48 Å². The maximum absolute atomic E-state index is 13.0. The molecule has 0 saturated carbocycles. The summed E-state index contributed by atoms with van der Waals surface area (Å²) in [7, 11) is 1.79. The number of ether oxygens (including phenoxy) is 2. The van der Waals surface area contributed by atoms with Crippen LogP contribution < -0.4 is 11.0 Å². The number of anilines is 1. The van der Waals surface area contributed by atoms with E-state index in [-0.39, 0.29) is 17.0 Å². The minimum Gasteiger partial charge on any atom is -0.424 e. The quantitative estimate of drug-likeness (QED) is 0.518. The first-order valence-electron chi connectivity index (χ1n) is 9.96. The Balaban J connectivity index is 1.62. The molecule has 8 heteroatoms. The molecule has 160 valence electrons. The lowest BCUT2D eigenvalue weighted by Crippen LogP contribution is -2.48. The second-order valence-electron chi connectivity index (χ2n) is 7.51. The van der Waals surface area contributed by atoms with Gasteiger partial charge in [0.05, 0.1) is 11.4 Å². The SMILES string of the molecule is Cc1c(N/N=C2\C(=O)OC(C)(c3ccccc3)OC2C)c(=O)n(-c2ccccc2)n1C. The molecule has 0 aliphatic carbocycles. The summed E-state index contributed by atoms with van der Waals surface area (Å²) >= 11 is 0. The number of carbonyl (C=O) groups is 1. The van der Waals surface area contributed by atoms with Crippen molar-refractivity contribution in [3.05, 3.63) is 82.3 Å². The number of carbonyl (C=O) groups excluding carboxylic acids is 1. The van der Waals surface area contributed by atoms with Gasteiger partial charge in [-0.05, 0) is 26.0 Å². The fourth-order valence-corrected chi connectivity index (χ4v) is 3.63. The lowest BCUT2D eigenvalue weighted by Gasteiger charge is -2.37. The Kier molecular flexibility index (Phi) is 5.24. The normalized spacial score (nSPS) is 22.4. The van der Waals surface area contributed by atoms with Gasteiger partial charge in [-0.1, -0.05) is 48.5 Å². The largest absolute Gasteiger partial charge is 0.424 e. The third-order valence-electron chi connectivity index (χ3n) is 5.42. The smallest absolute Gasteiger partial charge is 0.360 e. The van der Waals surface area contributed by atoms with Crippen LogP contribution in [-0.2, 0) is 27.1 Å². The van der Waals surface area contributed by atoms with Crippen molar-refractivity contribution >= 4 is 17.4 Å². The zero-order chi connectivity index (χ0) is 22.2. The second-order valence-corrected chi connectivity index (χ2v) is 7.51. The average molecular weight is 420 g/mol. The maximum atomic E-state index is 13.0. The molecule has 1 fully saturated rings. The topological polar surface area (TPSA) is 86.9 Å². The van der Waals surface area contributed by atoms with E-state index in [4.69, 9.17) is 9.47 Å². The van der Waals surface area contributed by atoms with Gasteiger partial charge in [0.2, 0.25) is 5.79 Å². The summed E-state index contributed by atoms with van der Waals surface area (Å²) in [5, 5.41) is 4.18. The van der Waals surface area contributed by atoms with Gasteiger partial charge in [-0.15, -0.1) is 0 Å². The summed E-state index contributed by atoms with van der Waals surface area (Å²) in [6.45, 7) is 5.22. The summed E-state index contributed by atoms with van der Waals surface area (Å²) in [4.78, 5) is 25.7. The molecule has 1 aliphatic heterocycles. The molecule has 4 rings (SSSR count). The van der Waals surface area contributed by atoms with Crippen LogP contribution in [0.5, 0.6) is 0 Å². The van der Waals surface area contributed by atoms with Crippen LogP contribution >= 0.6 is 0 Å². The Morgan fingerprint density at radius 2 is 1.65 bits per heavy atom. The average Bonchev–Trinajstić information content (AvgIpc) is 2.97. The molecule has 1 N–H and O–H groups in total. The van der Waals surface area contributed by atoms with Gasteiger partial charge in [0.25, 0.3) is 5.56 Å². The molecule has 0 bridgehead atoms. The predicted molar refractivity (Wildman–Crippen MR) is 117 cm³/mol. The molecule has 1 aliphatic rings. The van der Waals surface area contributed by atoms with Gasteiger partial charge in [-0.2, -0.15) is 5.10 Å². The minimum absolute atomic E-state index is 0.0577. The van der Waals surface area contributed by atoms with E-state index in [1.807, 2.05) is 60.7 Å². The number of aromatic nitrogens is 2. The molecule has 31 heavy (non-hydrogen) atoms. The van der Waals surface area contributed by atoms with Crippen molar-refractivity contribution < 1.29 is 14.3 Å². The van der Waals surface area contributed by atoms with E-state index in [0.717, 1.165) is 11.3 Å². The Hall–Kier alpha value is -3.65. The van der Waals surface area contributed by atoms with Crippen LogP contribution in [-0.4, -0.2) is 27.1 Å². The Bertz CT molecular complexity index is 1200. The Morgan fingerprint density at radius 1 is 1.03 bits per heavy atom. The van der Waals surface area contributed by atoms with Crippen LogP contribution in [0.3, 0.4) is 0 Å². The molecule has 1 saturated heterocycles. The van der Waals surface area contributed by atoms with E-state index >= 15 is 0 Å². The third kappa shape index (κ3) is 3.66. The first-order valence-corrected chi connectivity index (χ1v) is 9.96. The third-order valence-corrected chi connectivity index (χ3v) is 5.42. The fourth-order valence-electron chi connectivity index (χ4n) is 3.63. The molecule has 0 radical (unpaired) electrons. The monoisotopic (exact) mass is 420 g/mol. The highest BCUT2D eigenvalue weighted by atomic mass is 16.7. The van der Waals surface area contributed by atoms with Gasteiger partial charge in [0.1, 0.15) is 11.8 Å². The molecule has 0 amide bonds. The van der Waals surface area contributed by atoms with Crippen LogP contribution in [0.2, 0.25) is 0 Å². The number of para-hydroxylation sites is 1. The number of cyclic esters (lactones) is 1. The van der Waals surface area contributed by atoms with E-state index < -0.39 is 17.9 Å². The van der Waals surface area contributed by atoms with E-state index in [1.165, 1.54) is 4.68 Å². The Morgan fingerprint density at radius 3 is 2.26 bits per heavy atom. The van der Waals surface area contributed by atoms with Crippen LogP contribution in [0, 0.1) is 6.92 Å². The van der Waals surface area contributed by atoms with Crippen LogP contribution in [0.25, 0.3) is 5.69 Å². The van der Waals surface area contributed by atoms with Crippen molar-refractivity contribution in [2.24, 2.45) is 12.1 Å². The number of nitrogens with one attached hydrogen (secondary N) is 1. The molecule has 2 unspecified atom stereocenters. The van der Waals surface area contributed by atoms with Crippen LogP contribution in [0.15, 0.2) is 70.6 Å². The summed E-state index contributed by atoms with van der Waals surface area (Å²) in [5.74, 6) is -1.81.